The topological polar surface area (TPSA) is 80.0 Å². The van der Waals surface area contributed by atoms with Gasteiger partial charge in [0.2, 0.25) is 0 Å². The number of aliphatic imine (C=N–C) groups is 1. The number of nitrogens with two attached hydrogens (primary N) is 1. The molecule has 1 aliphatic carbocycles. The molecule has 0 unspecified atom stereocenters. The Hall–Kier alpha value is -3.02. The fourth-order valence-corrected chi connectivity index (χ4v) is 4.86. The number of ether oxygens (including phenoxy) is 1. The van der Waals surface area contributed by atoms with Crippen LogP contribution in [0, 0.1) is 0 Å². The van der Waals surface area contributed by atoms with Crippen molar-refractivity contribution in [3.63, 3.8) is 0 Å². The molecule has 1 fully saturated rings. The Labute approximate surface area is 191 Å². The second-order valence-electron chi connectivity index (χ2n) is 8.38. The lowest BCUT2D eigenvalue weighted by molar-refractivity contribution is 0.0926. The molecule has 0 atom stereocenters. The highest BCUT2D eigenvalue weighted by Gasteiger charge is 2.39. The fraction of sp³-hybridized carbons (Fsp3) is 0.462. The van der Waals surface area contributed by atoms with E-state index in [0.29, 0.717) is 36.4 Å². The van der Waals surface area contributed by atoms with Crippen LogP contribution in [-0.2, 0) is 5.41 Å². The molecule has 2 aromatic rings. The van der Waals surface area contributed by atoms with Gasteiger partial charge in [0.05, 0.1) is 12.7 Å². The predicted octanol–water partition coefficient (Wildman–Crippen LogP) is 3.96. The van der Waals surface area contributed by atoms with Crippen LogP contribution in [0.2, 0.25) is 0 Å². The quantitative estimate of drug-likeness (QED) is 0.485. The van der Waals surface area contributed by atoms with Crippen LogP contribution in [0.3, 0.4) is 0 Å². The highest BCUT2D eigenvalue weighted by atomic mass is 16.5. The minimum absolute atomic E-state index is 0.102. The second kappa shape index (κ2) is 11.0. The molecule has 2 aromatic carbocycles. The van der Waals surface area contributed by atoms with E-state index in [1.165, 1.54) is 5.56 Å². The van der Waals surface area contributed by atoms with Crippen molar-refractivity contribution in [2.24, 2.45) is 10.7 Å². The molecule has 3 N–H and O–H groups in total. The van der Waals surface area contributed by atoms with Gasteiger partial charge in [-0.3, -0.25) is 9.79 Å². The standard InChI is InChI=1S/C26H36N4O2/c1-4-28-25(27)30(5-2)21-15-17-26(18-16-21,20-11-7-6-8-12-20)19-29-24(31)22-13-9-10-14-23(22)32-3/h6-14,21H,4-5,15-19H2,1-3H3,(H2,27,28)(H,29,31). The molecule has 0 saturated heterocycles. The van der Waals surface area contributed by atoms with Gasteiger partial charge in [-0.1, -0.05) is 42.5 Å². The van der Waals surface area contributed by atoms with Gasteiger partial charge in [0.25, 0.3) is 5.91 Å². The first-order valence-corrected chi connectivity index (χ1v) is 11.6. The minimum atomic E-state index is -0.106. The van der Waals surface area contributed by atoms with Crippen molar-refractivity contribution in [3.8, 4) is 5.75 Å². The molecule has 0 heterocycles. The number of nitrogens with one attached hydrogen (secondary N) is 1. The van der Waals surface area contributed by atoms with Crippen molar-refractivity contribution < 1.29 is 9.53 Å². The lowest BCUT2D eigenvalue weighted by Gasteiger charge is -2.44. The number of para-hydroxylation sites is 1. The second-order valence-corrected chi connectivity index (χ2v) is 8.38. The maximum Gasteiger partial charge on any atom is 0.255 e. The molecular formula is C26H36N4O2. The number of guanidine groups is 1. The van der Waals surface area contributed by atoms with E-state index < -0.39 is 0 Å². The van der Waals surface area contributed by atoms with Gasteiger partial charge >= 0.3 is 0 Å². The Morgan fingerprint density at radius 2 is 1.78 bits per heavy atom. The van der Waals surface area contributed by atoms with Gasteiger partial charge in [-0.05, 0) is 57.2 Å². The van der Waals surface area contributed by atoms with Crippen LogP contribution in [-0.4, -0.2) is 49.6 Å². The average molecular weight is 437 g/mol. The molecule has 172 valence electrons. The van der Waals surface area contributed by atoms with Crippen molar-refractivity contribution in [1.29, 1.82) is 0 Å². The third kappa shape index (κ3) is 5.23. The first-order valence-electron chi connectivity index (χ1n) is 11.6. The third-order valence-electron chi connectivity index (χ3n) is 6.63. The van der Waals surface area contributed by atoms with Crippen molar-refractivity contribution in [3.05, 3.63) is 65.7 Å². The zero-order chi connectivity index (χ0) is 23.0. The summed E-state index contributed by atoms with van der Waals surface area (Å²) in [6.07, 6.45) is 3.97. The minimum Gasteiger partial charge on any atom is -0.496 e. The lowest BCUT2D eigenvalue weighted by atomic mass is 9.68. The van der Waals surface area contributed by atoms with Gasteiger partial charge in [0, 0.05) is 31.1 Å². The van der Waals surface area contributed by atoms with Crippen molar-refractivity contribution in [2.75, 3.05) is 26.7 Å². The maximum atomic E-state index is 13.0. The Balaban J connectivity index is 1.77. The number of nitrogens with zero attached hydrogens (tertiary/aromatic N) is 2. The molecule has 1 amide bonds. The Morgan fingerprint density at radius 3 is 2.41 bits per heavy atom. The largest absolute Gasteiger partial charge is 0.496 e. The third-order valence-corrected chi connectivity index (χ3v) is 6.63. The first-order chi connectivity index (χ1) is 15.5. The highest BCUT2D eigenvalue weighted by Crippen LogP contribution is 2.40. The van der Waals surface area contributed by atoms with E-state index in [2.05, 4.69) is 46.4 Å². The van der Waals surface area contributed by atoms with Crippen LogP contribution in [0.1, 0.15) is 55.5 Å². The number of methoxy groups -OCH3 is 1. The number of amides is 1. The highest BCUT2D eigenvalue weighted by molar-refractivity contribution is 5.97. The lowest BCUT2D eigenvalue weighted by Crippen LogP contribution is -2.50. The molecule has 0 radical (unpaired) electrons. The van der Waals surface area contributed by atoms with Gasteiger partial charge in [-0.15, -0.1) is 0 Å². The molecule has 32 heavy (non-hydrogen) atoms. The average Bonchev–Trinajstić information content (AvgIpc) is 2.84. The number of carbonyl (C=O) groups excluding carboxylic acids is 1. The van der Waals surface area contributed by atoms with E-state index in [1.54, 1.807) is 13.2 Å². The molecule has 3 rings (SSSR count). The smallest absolute Gasteiger partial charge is 0.255 e. The number of carbonyl (C=O) groups is 1. The van der Waals surface area contributed by atoms with E-state index in [1.807, 2.05) is 31.2 Å². The number of hydrogen-bond donors (Lipinski definition) is 2. The molecule has 1 aliphatic rings. The molecule has 0 aliphatic heterocycles. The Morgan fingerprint density at radius 1 is 1.12 bits per heavy atom. The maximum absolute atomic E-state index is 13.0. The van der Waals surface area contributed by atoms with E-state index in [9.17, 15) is 4.79 Å². The Kier molecular flexibility index (Phi) is 8.14. The number of hydrogen-bond acceptors (Lipinski definition) is 3. The van der Waals surface area contributed by atoms with E-state index in [0.717, 1.165) is 32.2 Å². The van der Waals surface area contributed by atoms with Crippen LogP contribution in [0.15, 0.2) is 59.6 Å². The number of benzene rings is 2. The fourth-order valence-electron chi connectivity index (χ4n) is 4.86. The zero-order valence-electron chi connectivity index (χ0n) is 19.5. The van der Waals surface area contributed by atoms with Crippen LogP contribution in [0.4, 0.5) is 0 Å². The van der Waals surface area contributed by atoms with Crippen molar-refractivity contribution in [2.45, 2.75) is 51.0 Å². The van der Waals surface area contributed by atoms with Crippen LogP contribution < -0.4 is 15.8 Å². The van der Waals surface area contributed by atoms with Crippen molar-refractivity contribution >= 4 is 11.9 Å². The van der Waals surface area contributed by atoms with E-state index in [4.69, 9.17) is 10.5 Å². The Bertz CT molecular complexity index is 905. The van der Waals surface area contributed by atoms with Crippen LogP contribution in [0.5, 0.6) is 5.75 Å². The van der Waals surface area contributed by atoms with Crippen LogP contribution in [0.25, 0.3) is 0 Å². The van der Waals surface area contributed by atoms with Gasteiger partial charge in [0.15, 0.2) is 5.96 Å². The number of rotatable bonds is 8. The summed E-state index contributed by atoms with van der Waals surface area (Å²) in [6, 6.07) is 18.3. The molecule has 0 bridgehead atoms. The molecular weight excluding hydrogens is 400 g/mol. The van der Waals surface area contributed by atoms with Gasteiger partial charge in [0.1, 0.15) is 5.75 Å². The van der Waals surface area contributed by atoms with Crippen LogP contribution >= 0.6 is 0 Å². The van der Waals surface area contributed by atoms with E-state index >= 15 is 0 Å². The monoisotopic (exact) mass is 436 g/mol. The predicted molar refractivity (Wildman–Crippen MR) is 130 cm³/mol. The summed E-state index contributed by atoms with van der Waals surface area (Å²) in [6.45, 7) is 6.27. The molecule has 1 saturated carbocycles. The summed E-state index contributed by atoms with van der Waals surface area (Å²) in [7, 11) is 1.59. The summed E-state index contributed by atoms with van der Waals surface area (Å²) >= 11 is 0. The normalized spacial score (nSPS) is 21.1. The summed E-state index contributed by atoms with van der Waals surface area (Å²) in [5.41, 5.74) is 7.98. The van der Waals surface area contributed by atoms with E-state index in [-0.39, 0.29) is 11.3 Å². The molecule has 0 spiro atoms. The summed E-state index contributed by atoms with van der Waals surface area (Å²) in [5.74, 6) is 1.12. The molecule has 6 nitrogen and oxygen atoms in total. The molecule has 6 heteroatoms. The summed E-state index contributed by atoms with van der Waals surface area (Å²) in [4.78, 5) is 19.6. The van der Waals surface area contributed by atoms with Gasteiger partial charge in [-0.2, -0.15) is 0 Å². The zero-order valence-corrected chi connectivity index (χ0v) is 19.5. The summed E-state index contributed by atoms with van der Waals surface area (Å²) < 4.78 is 5.37. The van der Waals surface area contributed by atoms with Crippen molar-refractivity contribution in [1.82, 2.24) is 10.2 Å². The SMILES string of the molecule is CCN=C(N)N(CC)C1CCC(CNC(=O)c2ccccc2OC)(c2ccccc2)CC1. The first kappa shape index (κ1) is 23.6. The summed E-state index contributed by atoms with van der Waals surface area (Å²) in [5, 5.41) is 3.20. The molecule has 0 aromatic heterocycles. The van der Waals surface area contributed by atoms with Gasteiger partial charge in [-0.25, -0.2) is 0 Å². The van der Waals surface area contributed by atoms with Gasteiger partial charge < -0.3 is 20.7 Å².